The minimum Gasteiger partial charge on any atom is -0.491 e. The number of rotatable bonds is 8. The Morgan fingerprint density at radius 3 is 2.37 bits per heavy atom. The molecule has 2 N–H and O–H groups in total. The quantitative estimate of drug-likeness (QED) is 0.710. The van der Waals surface area contributed by atoms with E-state index >= 15 is 0 Å². The molecule has 0 aliphatic heterocycles. The number of benzene rings is 1. The van der Waals surface area contributed by atoms with E-state index in [-0.39, 0.29) is 18.1 Å². The third kappa shape index (κ3) is 6.60. The lowest BCUT2D eigenvalue weighted by molar-refractivity contribution is 0.157. The first-order chi connectivity index (χ1) is 8.93. The molecule has 0 aromatic heterocycles. The number of hydrogen-bond acceptors (Lipinski definition) is 3. The molecule has 3 heteroatoms. The summed E-state index contributed by atoms with van der Waals surface area (Å²) in [7, 11) is 0. The fourth-order valence-corrected chi connectivity index (χ4v) is 1.72. The average Bonchev–Trinajstić information content (AvgIpc) is 2.36. The summed E-state index contributed by atoms with van der Waals surface area (Å²) in [6, 6.07) is 8.26. The molecule has 108 valence electrons. The zero-order valence-corrected chi connectivity index (χ0v) is 12.6. The van der Waals surface area contributed by atoms with Crippen molar-refractivity contribution >= 4 is 0 Å². The first kappa shape index (κ1) is 16.0. The number of aliphatic hydroxyl groups is 1. The molecule has 1 aromatic rings. The second kappa shape index (κ2) is 7.51. The van der Waals surface area contributed by atoms with Crippen LogP contribution in [0.25, 0.3) is 0 Å². The van der Waals surface area contributed by atoms with Crippen molar-refractivity contribution in [3.8, 4) is 5.75 Å². The lowest BCUT2D eigenvalue weighted by Crippen LogP contribution is -2.33. The molecule has 0 aliphatic carbocycles. The number of nitrogens with one attached hydrogen (secondary N) is 1. The third-order valence-corrected chi connectivity index (χ3v) is 2.92. The van der Waals surface area contributed by atoms with E-state index in [1.807, 2.05) is 26.0 Å². The van der Waals surface area contributed by atoms with E-state index in [4.69, 9.17) is 9.84 Å². The molecule has 0 heterocycles. The molecule has 0 radical (unpaired) electrons. The van der Waals surface area contributed by atoms with Gasteiger partial charge in [0.2, 0.25) is 0 Å². The van der Waals surface area contributed by atoms with Gasteiger partial charge in [0.1, 0.15) is 5.75 Å². The summed E-state index contributed by atoms with van der Waals surface area (Å²) in [4.78, 5) is 0. The Kier molecular flexibility index (Phi) is 6.32. The molecule has 0 amide bonds. The van der Waals surface area contributed by atoms with Gasteiger partial charge in [0.25, 0.3) is 0 Å². The second-order valence-corrected chi connectivity index (χ2v) is 6.06. The van der Waals surface area contributed by atoms with Crippen LogP contribution in [0, 0.1) is 5.41 Å². The summed E-state index contributed by atoms with van der Waals surface area (Å²) in [6.45, 7) is 10.1. The van der Waals surface area contributed by atoms with Crippen molar-refractivity contribution in [2.24, 2.45) is 5.41 Å². The molecular weight excluding hydrogens is 238 g/mol. The first-order valence-electron chi connectivity index (χ1n) is 7.00. The van der Waals surface area contributed by atoms with E-state index in [2.05, 4.69) is 31.3 Å². The lowest BCUT2D eigenvalue weighted by Gasteiger charge is -2.21. The molecule has 0 saturated heterocycles. The van der Waals surface area contributed by atoms with Crippen LogP contribution in [-0.2, 0) is 6.42 Å². The Bertz CT molecular complexity index is 358. The lowest BCUT2D eigenvalue weighted by atomic mass is 9.95. The van der Waals surface area contributed by atoms with Crippen molar-refractivity contribution in [2.45, 2.75) is 40.2 Å². The van der Waals surface area contributed by atoms with Crippen molar-refractivity contribution in [1.29, 1.82) is 0 Å². The van der Waals surface area contributed by atoms with Gasteiger partial charge in [-0.05, 0) is 44.5 Å². The normalized spacial score (nSPS) is 11.9. The van der Waals surface area contributed by atoms with E-state index in [0.29, 0.717) is 0 Å². The summed E-state index contributed by atoms with van der Waals surface area (Å²) in [5.74, 6) is 0.924. The van der Waals surface area contributed by atoms with Gasteiger partial charge >= 0.3 is 0 Å². The largest absolute Gasteiger partial charge is 0.491 e. The molecule has 1 rings (SSSR count). The Balaban J connectivity index is 2.30. The van der Waals surface area contributed by atoms with Gasteiger partial charge < -0.3 is 15.2 Å². The predicted molar refractivity (Wildman–Crippen MR) is 79.6 cm³/mol. The molecule has 1 aromatic carbocycles. The average molecular weight is 265 g/mol. The van der Waals surface area contributed by atoms with Gasteiger partial charge in [-0.25, -0.2) is 0 Å². The Hall–Kier alpha value is -1.06. The second-order valence-electron chi connectivity index (χ2n) is 6.06. The minimum absolute atomic E-state index is 0.0467. The van der Waals surface area contributed by atoms with Crippen molar-refractivity contribution in [3.63, 3.8) is 0 Å². The van der Waals surface area contributed by atoms with Gasteiger partial charge in [-0.1, -0.05) is 26.0 Å². The van der Waals surface area contributed by atoms with Crippen molar-refractivity contribution in [2.75, 3.05) is 19.7 Å². The monoisotopic (exact) mass is 265 g/mol. The Morgan fingerprint density at radius 2 is 1.84 bits per heavy atom. The van der Waals surface area contributed by atoms with Crippen LogP contribution in [0.1, 0.15) is 33.3 Å². The summed E-state index contributed by atoms with van der Waals surface area (Å²) in [5.41, 5.74) is 1.25. The molecule has 0 saturated carbocycles. The molecule has 0 spiro atoms. The molecule has 3 nitrogen and oxygen atoms in total. The van der Waals surface area contributed by atoms with Crippen LogP contribution in [0.2, 0.25) is 0 Å². The maximum atomic E-state index is 9.16. The van der Waals surface area contributed by atoms with Gasteiger partial charge in [0.05, 0.1) is 6.10 Å². The molecule has 0 fully saturated rings. The van der Waals surface area contributed by atoms with Crippen molar-refractivity contribution in [1.82, 2.24) is 5.32 Å². The van der Waals surface area contributed by atoms with Gasteiger partial charge in [0, 0.05) is 18.6 Å². The summed E-state index contributed by atoms with van der Waals surface area (Å²) in [6.07, 6.45) is 1.21. The maximum absolute atomic E-state index is 9.16. The Labute approximate surface area is 117 Å². The van der Waals surface area contributed by atoms with Crippen LogP contribution in [0.5, 0.6) is 5.75 Å². The van der Waals surface area contributed by atoms with Crippen molar-refractivity contribution < 1.29 is 9.84 Å². The highest BCUT2D eigenvalue weighted by Crippen LogP contribution is 2.14. The topological polar surface area (TPSA) is 41.5 Å². The number of hydrogen-bond donors (Lipinski definition) is 2. The number of ether oxygens (including phenoxy) is 1. The predicted octanol–water partition coefficient (Wildman–Crippen LogP) is 2.62. The van der Waals surface area contributed by atoms with Crippen LogP contribution < -0.4 is 10.1 Å². The standard InChI is InChI=1S/C16H27NO2/c1-13(2)19-15-7-5-14(6-8-15)9-10-17-11-16(3,4)12-18/h5-8,13,17-18H,9-12H2,1-4H3. The summed E-state index contributed by atoms with van der Waals surface area (Å²) >= 11 is 0. The Morgan fingerprint density at radius 1 is 1.21 bits per heavy atom. The van der Waals surface area contributed by atoms with Crippen LogP contribution in [0.15, 0.2) is 24.3 Å². The van der Waals surface area contributed by atoms with Gasteiger partial charge in [-0.15, -0.1) is 0 Å². The van der Waals surface area contributed by atoms with Gasteiger partial charge in [-0.3, -0.25) is 0 Å². The van der Waals surface area contributed by atoms with E-state index in [0.717, 1.165) is 25.3 Å². The third-order valence-electron chi connectivity index (χ3n) is 2.92. The van der Waals surface area contributed by atoms with E-state index in [9.17, 15) is 0 Å². The van der Waals surface area contributed by atoms with Crippen LogP contribution in [-0.4, -0.2) is 30.9 Å². The number of aliphatic hydroxyl groups excluding tert-OH is 1. The molecule has 0 unspecified atom stereocenters. The van der Waals surface area contributed by atoms with Crippen LogP contribution in [0.4, 0.5) is 0 Å². The van der Waals surface area contributed by atoms with Crippen molar-refractivity contribution in [3.05, 3.63) is 29.8 Å². The highest BCUT2D eigenvalue weighted by atomic mass is 16.5. The van der Waals surface area contributed by atoms with E-state index in [1.165, 1.54) is 5.56 Å². The smallest absolute Gasteiger partial charge is 0.119 e. The van der Waals surface area contributed by atoms with E-state index < -0.39 is 0 Å². The van der Waals surface area contributed by atoms with Gasteiger partial charge in [0.15, 0.2) is 0 Å². The molecule has 0 bridgehead atoms. The SMILES string of the molecule is CC(C)Oc1ccc(CCNCC(C)(C)CO)cc1. The molecule has 0 aliphatic rings. The summed E-state index contributed by atoms with van der Waals surface area (Å²) < 4.78 is 5.61. The van der Waals surface area contributed by atoms with Crippen LogP contribution in [0.3, 0.4) is 0 Å². The highest BCUT2D eigenvalue weighted by molar-refractivity contribution is 5.27. The zero-order chi connectivity index (χ0) is 14.3. The minimum atomic E-state index is -0.0467. The first-order valence-corrected chi connectivity index (χ1v) is 7.00. The zero-order valence-electron chi connectivity index (χ0n) is 12.6. The van der Waals surface area contributed by atoms with Gasteiger partial charge in [-0.2, -0.15) is 0 Å². The summed E-state index contributed by atoms with van der Waals surface area (Å²) in [5, 5.41) is 12.5. The molecule has 0 atom stereocenters. The van der Waals surface area contributed by atoms with E-state index in [1.54, 1.807) is 0 Å². The van der Waals surface area contributed by atoms with Crippen LogP contribution >= 0.6 is 0 Å². The molecular formula is C16H27NO2. The fourth-order valence-electron chi connectivity index (χ4n) is 1.72. The molecule has 19 heavy (non-hydrogen) atoms. The maximum Gasteiger partial charge on any atom is 0.119 e. The fraction of sp³-hybridized carbons (Fsp3) is 0.625. The highest BCUT2D eigenvalue weighted by Gasteiger charge is 2.14.